The molecule has 0 amide bonds. The molecule has 0 aromatic heterocycles. The van der Waals surface area contributed by atoms with Crippen molar-refractivity contribution in [1.29, 1.82) is 0 Å². The molecule has 2 N–H and O–H groups in total. The van der Waals surface area contributed by atoms with Crippen molar-refractivity contribution in [2.45, 2.75) is 31.1 Å². The Morgan fingerprint density at radius 2 is 2.22 bits per heavy atom. The van der Waals surface area contributed by atoms with Gasteiger partial charge in [-0.05, 0) is 13.0 Å². The summed E-state index contributed by atoms with van der Waals surface area (Å²) in [5.41, 5.74) is -0.456. The average Bonchev–Trinajstić information content (AvgIpc) is 2.52. The Bertz CT molecular complexity index is 343. The summed E-state index contributed by atoms with van der Waals surface area (Å²) in [5.74, 6) is 0.880. The molecule has 3 atom stereocenters. The van der Waals surface area contributed by atoms with Crippen molar-refractivity contribution in [2.24, 2.45) is 0 Å². The molecule has 0 aromatic rings. The molecule has 0 aliphatic carbocycles. The Morgan fingerprint density at radius 3 is 2.78 bits per heavy atom. The van der Waals surface area contributed by atoms with E-state index in [2.05, 4.69) is 0 Å². The molecule has 104 valence electrons. The van der Waals surface area contributed by atoms with Crippen LogP contribution in [0.15, 0.2) is 11.9 Å². The van der Waals surface area contributed by atoms with Crippen LogP contribution in [0.1, 0.15) is 13.3 Å². The molecular weight excluding hydrogens is 258 g/mol. The zero-order valence-corrected chi connectivity index (χ0v) is 11.8. The average molecular weight is 278 g/mol. The number of methoxy groups -OCH3 is 1. The van der Waals surface area contributed by atoms with Crippen molar-refractivity contribution in [1.82, 2.24) is 0 Å². The number of ether oxygens (including phenoxy) is 3. The van der Waals surface area contributed by atoms with Gasteiger partial charge in [0.2, 0.25) is 0 Å². The van der Waals surface area contributed by atoms with E-state index in [9.17, 15) is 4.57 Å². The smallest absolute Gasteiger partial charge is 0.348 e. The van der Waals surface area contributed by atoms with Crippen LogP contribution in [-0.2, 0) is 18.8 Å². The zero-order chi connectivity index (χ0) is 13.8. The van der Waals surface area contributed by atoms with Gasteiger partial charge in [0.05, 0.1) is 30.9 Å². The van der Waals surface area contributed by atoms with E-state index >= 15 is 0 Å². The molecule has 0 unspecified atom stereocenters. The highest BCUT2D eigenvalue weighted by molar-refractivity contribution is 7.55. The molecule has 1 rings (SSSR count). The molecular formula is C10H20BO6P. The summed E-state index contributed by atoms with van der Waals surface area (Å²) in [6, 6.07) is -0.138. The van der Waals surface area contributed by atoms with Gasteiger partial charge in [0, 0.05) is 19.3 Å². The predicted molar refractivity (Wildman–Crippen MR) is 69.2 cm³/mol. The maximum Gasteiger partial charge on any atom is 0.348 e. The summed E-state index contributed by atoms with van der Waals surface area (Å²) in [6.45, 7) is 2.90. The number of hydrogen-bond acceptors (Lipinski definition) is 4. The second kappa shape index (κ2) is 6.32. The van der Waals surface area contributed by atoms with Crippen LogP contribution in [0.5, 0.6) is 0 Å². The normalized spacial score (nSPS) is 33.3. The van der Waals surface area contributed by atoms with Crippen molar-refractivity contribution < 1.29 is 28.6 Å². The van der Waals surface area contributed by atoms with Gasteiger partial charge in [0.1, 0.15) is 7.85 Å². The Hall–Kier alpha value is -0.165. The summed E-state index contributed by atoms with van der Waals surface area (Å²) in [4.78, 5) is 17.5. The molecule has 6 nitrogen and oxygen atoms in total. The van der Waals surface area contributed by atoms with Crippen molar-refractivity contribution in [3.05, 3.63) is 11.9 Å². The second-order valence-corrected chi connectivity index (χ2v) is 6.08. The van der Waals surface area contributed by atoms with E-state index in [4.69, 9.17) is 24.0 Å². The predicted octanol–water partition coefficient (Wildman–Crippen LogP) is -0.152. The van der Waals surface area contributed by atoms with Crippen molar-refractivity contribution >= 4 is 15.4 Å². The fraction of sp³-hybridized carbons (Fsp3) is 0.800. The zero-order valence-electron chi connectivity index (χ0n) is 10.9. The second-order valence-electron chi connectivity index (χ2n) is 4.61. The third-order valence-electron chi connectivity index (χ3n) is 3.06. The highest BCUT2D eigenvalue weighted by Gasteiger charge is 2.42. The van der Waals surface area contributed by atoms with Gasteiger partial charge in [-0.2, -0.15) is 0 Å². The molecule has 18 heavy (non-hydrogen) atoms. The van der Waals surface area contributed by atoms with Gasteiger partial charge in [-0.25, -0.2) is 0 Å². The van der Waals surface area contributed by atoms with Gasteiger partial charge in [-0.15, -0.1) is 0 Å². The third kappa shape index (κ3) is 4.84. The summed E-state index contributed by atoms with van der Waals surface area (Å²) >= 11 is 0. The molecule has 1 fully saturated rings. The molecule has 1 aliphatic rings. The third-order valence-corrected chi connectivity index (χ3v) is 3.62. The quantitative estimate of drug-likeness (QED) is 0.399. The molecule has 1 saturated heterocycles. The lowest BCUT2D eigenvalue weighted by molar-refractivity contribution is -0.0668. The van der Waals surface area contributed by atoms with Gasteiger partial charge in [-0.1, -0.05) is 0 Å². The van der Waals surface area contributed by atoms with Crippen molar-refractivity contribution in [2.75, 3.05) is 20.3 Å². The van der Waals surface area contributed by atoms with Crippen LogP contribution < -0.4 is 0 Å². The first-order valence-electron chi connectivity index (χ1n) is 5.80. The molecule has 8 heteroatoms. The van der Waals surface area contributed by atoms with Crippen LogP contribution in [0, 0.1) is 0 Å². The van der Waals surface area contributed by atoms with Crippen LogP contribution in [0.2, 0.25) is 0 Å². The van der Waals surface area contributed by atoms with Gasteiger partial charge in [0.15, 0.2) is 0 Å². The molecule has 1 heterocycles. The minimum atomic E-state index is -4.13. The first-order chi connectivity index (χ1) is 8.27. The maximum absolute atomic E-state index is 10.7. The van der Waals surface area contributed by atoms with Crippen molar-refractivity contribution in [3.63, 3.8) is 0 Å². The molecule has 0 aromatic carbocycles. The number of rotatable bonds is 6. The summed E-state index contributed by atoms with van der Waals surface area (Å²) in [5, 5.41) is 0. The van der Waals surface area contributed by atoms with Crippen LogP contribution >= 0.6 is 7.60 Å². The first-order valence-corrected chi connectivity index (χ1v) is 7.48. The fourth-order valence-electron chi connectivity index (χ4n) is 1.88. The van der Waals surface area contributed by atoms with Crippen molar-refractivity contribution in [3.8, 4) is 0 Å². The van der Waals surface area contributed by atoms with E-state index < -0.39 is 13.2 Å². The van der Waals surface area contributed by atoms with Gasteiger partial charge >= 0.3 is 7.60 Å². The summed E-state index contributed by atoms with van der Waals surface area (Å²) in [6.07, 6.45) is 1.64. The monoisotopic (exact) mass is 278 g/mol. The minimum absolute atomic E-state index is 0.138. The Labute approximate surface area is 108 Å². The van der Waals surface area contributed by atoms with Gasteiger partial charge in [0.25, 0.3) is 0 Å². The Kier molecular flexibility index (Phi) is 5.58. The highest BCUT2D eigenvalue weighted by Crippen LogP contribution is 2.38. The van der Waals surface area contributed by atoms with Crippen LogP contribution in [-0.4, -0.2) is 55.7 Å². The lowest BCUT2D eigenvalue weighted by Gasteiger charge is -2.27. The summed E-state index contributed by atoms with van der Waals surface area (Å²) < 4.78 is 27.0. The van der Waals surface area contributed by atoms with Crippen LogP contribution in [0.3, 0.4) is 0 Å². The van der Waals surface area contributed by atoms with E-state index in [1.54, 1.807) is 7.11 Å². The Morgan fingerprint density at radius 1 is 1.56 bits per heavy atom. The Balaban J connectivity index is 2.55. The standard InChI is InChI=1S/C10H20BO6P/c1-10(16-5-4-15-2)7-8(17-9(10)11)3-6-18(12,13)14/h3,6,8-9H,4-5,7,11H2,1-2H3,(H2,12,13,14)/b6-3-/t8-,9-,10-/m1/s1. The number of hydrogen-bond donors (Lipinski definition) is 2. The molecule has 0 spiro atoms. The van der Waals surface area contributed by atoms with E-state index in [1.165, 1.54) is 6.08 Å². The molecule has 0 saturated carbocycles. The molecule has 1 aliphatic heterocycles. The highest BCUT2D eigenvalue weighted by atomic mass is 31.2. The molecule has 0 radical (unpaired) electrons. The maximum atomic E-state index is 10.7. The van der Waals surface area contributed by atoms with Crippen LogP contribution in [0.4, 0.5) is 0 Å². The van der Waals surface area contributed by atoms with Crippen LogP contribution in [0.25, 0.3) is 0 Å². The topological polar surface area (TPSA) is 85.2 Å². The largest absolute Gasteiger partial charge is 0.382 e. The van der Waals surface area contributed by atoms with E-state index in [-0.39, 0.29) is 12.1 Å². The lowest BCUT2D eigenvalue weighted by atomic mass is 9.83. The van der Waals surface area contributed by atoms with E-state index in [0.29, 0.717) is 19.6 Å². The van der Waals surface area contributed by atoms with Gasteiger partial charge in [-0.3, -0.25) is 4.57 Å². The minimum Gasteiger partial charge on any atom is -0.382 e. The fourth-order valence-corrected chi connectivity index (χ4v) is 2.29. The lowest BCUT2D eigenvalue weighted by Crippen LogP contribution is -2.39. The SMILES string of the molecule is B[C@@H]1O[C@H](/C=C\P(=O)(O)O)C[C@@]1(C)OCCOC. The molecule has 0 bridgehead atoms. The summed E-state index contributed by atoms with van der Waals surface area (Å²) in [7, 11) is -0.637. The van der Waals surface area contributed by atoms with E-state index in [0.717, 1.165) is 5.82 Å². The first kappa shape index (κ1) is 15.9. The van der Waals surface area contributed by atoms with Gasteiger partial charge < -0.3 is 24.0 Å². The van der Waals surface area contributed by atoms with E-state index in [1.807, 2.05) is 14.8 Å².